The molecular formula is C42H46N12O14S2. The number of benzene rings is 4. The summed E-state index contributed by atoms with van der Waals surface area (Å²) in [5.74, 6) is -2.57. The zero-order valence-electron chi connectivity index (χ0n) is 36.4. The number of hydrogen-bond acceptors (Lipinski definition) is 22. The van der Waals surface area contributed by atoms with Gasteiger partial charge in [0.25, 0.3) is 20.2 Å². The van der Waals surface area contributed by atoms with Crippen LogP contribution in [0.15, 0.2) is 105 Å². The van der Waals surface area contributed by atoms with Gasteiger partial charge in [0.15, 0.2) is 6.29 Å². The van der Waals surface area contributed by atoms with Gasteiger partial charge >= 0.3 is 11.9 Å². The van der Waals surface area contributed by atoms with Crippen LogP contribution in [-0.4, -0.2) is 159 Å². The zero-order chi connectivity index (χ0) is 50.6. The molecule has 0 bridgehead atoms. The maximum absolute atomic E-state index is 12.8. The van der Waals surface area contributed by atoms with Gasteiger partial charge in [0.05, 0.1) is 37.6 Å². The molecule has 0 saturated carbocycles. The van der Waals surface area contributed by atoms with E-state index < -0.39 is 48.3 Å². The summed E-state index contributed by atoms with van der Waals surface area (Å²) < 4.78 is 71.7. The van der Waals surface area contributed by atoms with Crippen molar-refractivity contribution in [3.05, 3.63) is 107 Å². The average Bonchev–Trinajstić information content (AvgIpc) is 3.31. The van der Waals surface area contributed by atoms with Gasteiger partial charge in [-0.2, -0.15) is 36.8 Å². The SMILES string of the molecule is O=C(O)c1ccc(NC2=NC(N(CCO)CCO)NC(Nc3ccc(/C=C/c4ccc(Nc5nc(Nc6ccc(C(=O)O)cc6)nc(N(CCO)CCO)n5)cc4S(=O)(=O)O)c(S(=O)(=O)O)c3)=N2)cc1. The Morgan fingerprint density at radius 1 is 0.586 bits per heavy atom. The van der Waals surface area contributed by atoms with E-state index in [1.54, 1.807) is 4.90 Å². The molecular weight excluding hydrogens is 961 g/mol. The molecule has 4 aromatic carbocycles. The van der Waals surface area contributed by atoms with Gasteiger partial charge in [-0.1, -0.05) is 24.3 Å². The maximum atomic E-state index is 12.8. The van der Waals surface area contributed by atoms with Crippen molar-refractivity contribution in [2.45, 2.75) is 16.1 Å². The normalized spacial score (nSPS) is 13.8. The zero-order valence-corrected chi connectivity index (χ0v) is 38.1. The maximum Gasteiger partial charge on any atom is 0.335 e. The van der Waals surface area contributed by atoms with Gasteiger partial charge in [0.1, 0.15) is 9.79 Å². The molecule has 0 spiro atoms. The predicted molar refractivity (Wildman–Crippen MR) is 256 cm³/mol. The van der Waals surface area contributed by atoms with E-state index in [0.717, 1.165) is 12.1 Å². The second-order valence-electron chi connectivity index (χ2n) is 14.7. The number of guanidine groups is 2. The second-order valence-corrected chi connectivity index (χ2v) is 17.5. The number of anilines is 7. The molecule has 1 unspecified atom stereocenters. The number of nitrogens with one attached hydrogen (secondary N) is 5. The van der Waals surface area contributed by atoms with E-state index in [9.17, 15) is 66.2 Å². The Hall–Kier alpha value is -7.67. The number of aliphatic hydroxyl groups excluding tert-OH is 4. The summed E-state index contributed by atoms with van der Waals surface area (Å²) in [7, 11) is -9.96. The van der Waals surface area contributed by atoms with Crippen LogP contribution < -0.4 is 31.5 Å². The van der Waals surface area contributed by atoms with E-state index in [2.05, 4.69) is 51.5 Å². The third kappa shape index (κ3) is 14.0. The summed E-state index contributed by atoms with van der Waals surface area (Å²) in [4.78, 5) is 46.3. The smallest absolute Gasteiger partial charge is 0.335 e. The first-order chi connectivity index (χ1) is 33.4. The van der Waals surface area contributed by atoms with Crippen LogP contribution in [0.3, 0.4) is 0 Å². The van der Waals surface area contributed by atoms with Crippen molar-refractivity contribution in [3.8, 4) is 0 Å². The van der Waals surface area contributed by atoms with Gasteiger partial charge in [-0.25, -0.2) is 14.6 Å². The lowest BCUT2D eigenvalue weighted by atomic mass is 10.1. The van der Waals surface area contributed by atoms with Crippen LogP contribution in [0.1, 0.15) is 31.8 Å². The number of carboxylic acid groups (broad SMARTS) is 2. The topological polar surface area (TPSA) is 394 Å². The van der Waals surface area contributed by atoms with Gasteiger partial charge in [0.2, 0.25) is 29.8 Å². The number of carbonyl (C=O) groups is 2. The van der Waals surface area contributed by atoms with Crippen LogP contribution in [0.25, 0.3) is 12.2 Å². The highest BCUT2D eigenvalue weighted by molar-refractivity contribution is 7.86. The number of hydrogen-bond donors (Lipinski definition) is 13. The van der Waals surface area contributed by atoms with E-state index >= 15 is 0 Å². The van der Waals surface area contributed by atoms with Gasteiger partial charge in [-0.15, -0.1) is 0 Å². The summed E-state index contributed by atoms with van der Waals surface area (Å²) in [6, 6.07) is 18.7. The minimum absolute atomic E-state index is 0.00319. The molecule has 0 fully saturated rings. The lowest BCUT2D eigenvalue weighted by Crippen LogP contribution is -2.53. The number of carboxylic acids is 2. The molecule has 370 valence electrons. The molecule has 1 atom stereocenters. The lowest BCUT2D eigenvalue weighted by molar-refractivity contribution is 0.0686. The Balaban J connectivity index is 1.29. The Morgan fingerprint density at radius 2 is 1.01 bits per heavy atom. The minimum Gasteiger partial charge on any atom is -0.478 e. The summed E-state index contributed by atoms with van der Waals surface area (Å²) in [6.45, 7) is -1.17. The van der Waals surface area contributed by atoms with Crippen molar-refractivity contribution < 1.29 is 66.2 Å². The molecule has 1 aliphatic rings. The third-order valence-corrected chi connectivity index (χ3v) is 11.6. The van der Waals surface area contributed by atoms with Gasteiger partial charge < -0.3 is 62.1 Å². The van der Waals surface area contributed by atoms with E-state index in [-0.39, 0.29) is 116 Å². The number of rotatable bonds is 22. The first kappa shape index (κ1) is 51.7. The number of aliphatic hydroxyl groups is 4. The number of aromatic nitrogens is 3. The number of aliphatic imine (C=N–C) groups is 2. The second kappa shape index (κ2) is 23.1. The van der Waals surface area contributed by atoms with Crippen LogP contribution in [0.2, 0.25) is 0 Å². The van der Waals surface area contributed by atoms with Gasteiger partial charge in [-0.3, -0.25) is 14.0 Å². The molecule has 2 heterocycles. The summed E-state index contributed by atoms with van der Waals surface area (Å²) in [5, 5.41) is 71.8. The molecule has 5 aromatic rings. The molecule has 6 rings (SSSR count). The Labute approximate surface area is 399 Å². The molecule has 0 saturated heterocycles. The lowest BCUT2D eigenvalue weighted by Gasteiger charge is -2.32. The van der Waals surface area contributed by atoms with Crippen LogP contribution in [0.4, 0.5) is 40.6 Å². The van der Waals surface area contributed by atoms with Gasteiger partial charge in [-0.05, 0) is 83.9 Å². The van der Waals surface area contributed by atoms with Crippen LogP contribution >= 0.6 is 0 Å². The van der Waals surface area contributed by atoms with Crippen molar-refractivity contribution in [1.82, 2.24) is 25.2 Å². The molecule has 13 N–H and O–H groups in total. The van der Waals surface area contributed by atoms with Crippen molar-refractivity contribution in [2.24, 2.45) is 9.98 Å². The quantitative estimate of drug-likeness (QED) is 0.0346. The minimum atomic E-state index is -4.99. The van der Waals surface area contributed by atoms with E-state index in [1.165, 1.54) is 89.8 Å². The summed E-state index contributed by atoms with van der Waals surface area (Å²) >= 11 is 0. The summed E-state index contributed by atoms with van der Waals surface area (Å²) in [5.41, 5.74) is 0.679. The monoisotopic (exact) mass is 1010 g/mol. The fourth-order valence-corrected chi connectivity index (χ4v) is 7.98. The van der Waals surface area contributed by atoms with Crippen molar-refractivity contribution in [1.29, 1.82) is 0 Å². The third-order valence-electron chi connectivity index (χ3n) is 9.81. The van der Waals surface area contributed by atoms with Crippen molar-refractivity contribution >= 4 is 96.8 Å². The molecule has 28 heteroatoms. The average molecular weight is 1010 g/mol. The fourth-order valence-electron chi connectivity index (χ4n) is 6.56. The summed E-state index contributed by atoms with van der Waals surface area (Å²) in [6.07, 6.45) is 1.41. The fraction of sp³-hybridized carbons (Fsp3) is 0.214. The van der Waals surface area contributed by atoms with Crippen LogP contribution in [0, 0.1) is 0 Å². The standard InChI is InChI=1S/C42H46N12O14S2/c55-19-15-53(16-20-56)41-49-37(43-29-9-5-27(6-10-29)35(59)60)47-39(51-41)45-31-13-3-25(33(23-31)69(63,64)65)1-2-26-4-14-32(24-34(26)70(66,67)68)46-40-48-38(44-30-11-7-28(8-12-30)36(61)62)50-42(52-40)54(17-21-57)18-22-58/h1-14,23-24,41,55-58H,15-22H2,(H,59,60)(H,61,62)(H,63,64,65)(H,66,67,68)(H3,43,45,47,49,51)(H2,44,46,48,50,52)/b2-1+. The number of nitrogens with zero attached hydrogens (tertiary/aromatic N) is 7. The Bertz CT molecular complexity index is 3000. The van der Waals surface area contributed by atoms with Crippen LogP contribution in [0.5, 0.6) is 0 Å². The van der Waals surface area contributed by atoms with Crippen molar-refractivity contribution in [2.75, 3.05) is 78.8 Å². The molecule has 70 heavy (non-hydrogen) atoms. The van der Waals surface area contributed by atoms with Crippen molar-refractivity contribution in [3.63, 3.8) is 0 Å². The predicted octanol–water partition coefficient (Wildman–Crippen LogP) is 1.62. The van der Waals surface area contributed by atoms with Crippen LogP contribution in [-0.2, 0) is 20.2 Å². The highest BCUT2D eigenvalue weighted by Crippen LogP contribution is 2.28. The molecule has 1 aromatic heterocycles. The first-order valence-electron chi connectivity index (χ1n) is 20.6. The van der Waals surface area contributed by atoms with E-state index in [1.807, 2.05) is 0 Å². The number of aromatic carboxylic acids is 2. The van der Waals surface area contributed by atoms with E-state index in [0.29, 0.717) is 11.4 Å². The largest absolute Gasteiger partial charge is 0.478 e. The molecule has 26 nitrogen and oxygen atoms in total. The Morgan fingerprint density at radius 3 is 1.46 bits per heavy atom. The molecule has 1 aliphatic heterocycles. The highest BCUT2D eigenvalue weighted by atomic mass is 32.2. The highest BCUT2D eigenvalue weighted by Gasteiger charge is 2.25. The molecule has 0 amide bonds. The first-order valence-corrected chi connectivity index (χ1v) is 23.5. The molecule has 0 aliphatic carbocycles. The van der Waals surface area contributed by atoms with Gasteiger partial charge in [0, 0.05) is 48.9 Å². The van der Waals surface area contributed by atoms with E-state index in [4.69, 9.17) is 0 Å². The molecule has 0 radical (unpaired) electrons. The Kier molecular flexibility index (Phi) is 17.1.